The Hall–Kier alpha value is -1.09. The van der Waals surface area contributed by atoms with Crippen LogP contribution in [0.25, 0.3) is 0 Å². The summed E-state index contributed by atoms with van der Waals surface area (Å²) in [5.74, 6) is -0.957. The van der Waals surface area contributed by atoms with E-state index in [4.69, 9.17) is 5.26 Å². The highest BCUT2D eigenvalue weighted by Crippen LogP contribution is 2.25. The molecule has 0 bridgehead atoms. The summed E-state index contributed by atoms with van der Waals surface area (Å²) in [6, 6.07) is 2.81. The molecule has 0 aliphatic heterocycles. The molecular weight excluding hydrogens is 273 g/mol. The highest BCUT2D eigenvalue weighted by atomic mass is 79.9. The van der Waals surface area contributed by atoms with Crippen LogP contribution in [0.5, 0.6) is 0 Å². The summed E-state index contributed by atoms with van der Waals surface area (Å²) in [7, 11) is 0. The van der Waals surface area contributed by atoms with Crippen molar-refractivity contribution in [1.29, 1.82) is 5.26 Å². The zero-order valence-corrected chi connectivity index (χ0v) is 9.06. The van der Waals surface area contributed by atoms with Crippen molar-refractivity contribution in [1.82, 2.24) is 4.98 Å². The predicted molar refractivity (Wildman–Crippen MR) is 51.1 cm³/mol. The quantitative estimate of drug-likeness (QED) is 0.629. The topological polar surface area (TPSA) is 36.7 Å². The van der Waals surface area contributed by atoms with E-state index < -0.39 is 18.1 Å². The maximum Gasteiger partial charge on any atom is 0.280 e. The van der Waals surface area contributed by atoms with Crippen molar-refractivity contribution in [2.45, 2.75) is 18.2 Å². The third kappa shape index (κ3) is 2.69. The van der Waals surface area contributed by atoms with Crippen LogP contribution in [0.3, 0.4) is 0 Å². The van der Waals surface area contributed by atoms with E-state index in [1.54, 1.807) is 6.07 Å². The molecule has 0 aromatic carbocycles. The molecule has 0 aliphatic carbocycles. The van der Waals surface area contributed by atoms with Crippen molar-refractivity contribution in [2.75, 3.05) is 0 Å². The Morgan fingerprint density at radius 1 is 1.53 bits per heavy atom. The molecule has 6 heteroatoms. The maximum atomic E-state index is 12.8. The fraction of sp³-hybridized carbons (Fsp3) is 0.333. The Morgan fingerprint density at radius 3 is 2.67 bits per heavy atom. The van der Waals surface area contributed by atoms with E-state index in [1.165, 1.54) is 0 Å². The summed E-state index contributed by atoms with van der Waals surface area (Å²) in [6.45, 7) is 0. The molecule has 1 aromatic heterocycles. The molecule has 0 saturated heterocycles. The molecule has 0 spiro atoms. The van der Waals surface area contributed by atoms with Gasteiger partial charge in [0.15, 0.2) is 0 Å². The third-order valence-corrected chi connectivity index (χ3v) is 2.43. The summed E-state index contributed by atoms with van der Waals surface area (Å²) in [5.41, 5.74) is -0.212. The summed E-state index contributed by atoms with van der Waals surface area (Å²) in [6.07, 6.45) is -3.07. The first-order valence-electron chi connectivity index (χ1n) is 3.99. The number of alkyl halides is 3. The van der Waals surface area contributed by atoms with E-state index in [9.17, 15) is 13.2 Å². The number of aromatic nitrogens is 1. The number of hydrogen-bond donors (Lipinski definition) is 0. The molecule has 80 valence electrons. The van der Waals surface area contributed by atoms with E-state index >= 15 is 0 Å². The highest BCUT2D eigenvalue weighted by Gasteiger charge is 2.19. The molecule has 0 fully saturated rings. The van der Waals surface area contributed by atoms with Gasteiger partial charge in [0.05, 0.1) is 12.5 Å². The lowest BCUT2D eigenvalue weighted by atomic mass is 10.1. The van der Waals surface area contributed by atoms with Crippen molar-refractivity contribution in [3.05, 3.63) is 28.8 Å². The van der Waals surface area contributed by atoms with Gasteiger partial charge in [0, 0.05) is 5.33 Å². The number of rotatable bonds is 3. The van der Waals surface area contributed by atoms with Gasteiger partial charge in [-0.25, -0.2) is 13.8 Å². The van der Waals surface area contributed by atoms with Gasteiger partial charge < -0.3 is 0 Å². The second-order valence-corrected chi connectivity index (χ2v) is 3.30. The van der Waals surface area contributed by atoms with Crippen molar-refractivity contribution in [2.24, 2.45) is 0 Å². The van der Waals surface area contributed by atoms with Crippen molar-refractivity contribution in [3.63, 3.8) is 0 Å². The van der Waals surface area contributed by atoms with E-state index in [1.807, 2.05) is 0 Å². The summed E-state index contributed by atoms with van der Waals surface area (Å²) in [5, 5.41) is 8.69. The Balaban J connectivity index is 3.34. The van der Waals surface area contributed by atoms with Gasteiger partial charge in [-0.2, -0.15) is 9.65 Å². The van der Waals surface area contributed by atoms with Gasteiger partial charge in [-0.3, -0.25) is 0 Å². The molecule has 0 N–H and O–H groups in total. The molecule has 0 saturated carbocycles. The summed E-state index contributed by atoms with van der Waals surface area (Å²) in [4.78, 5) is 3.11. The molecule has 0 aliphatic rings. The van der Waals surface area contributed by atoms with Gasteiger partial charge in [0.25, 0.3) is 6.43 Å². The van der Waals surface area contributed by atoms with Gasteiger partial charge in [0.1, 0.15) is 5.69 Å². The van der Waals surface area contributed by atoms with Gasteiger partial charge in [-0.1, -0.05) is 15.9 Å². The Kier molecular flexibility index (Phi) is 4.09. The van der Waals surface area contributed by atoms with Crippen LogP contribution in [0.1, 0.15) is 23.2 Å². The smallest absolute Gasteiger partial charge is 0.218 e. The second-order valence-electron chi connectivity index (χ2n) is 2.74. The molecule has 15 heavy (non-hydrogen) atoms. The van der Waals surface area contributed by atoms with E-state index in [2.05, 4.69) is 20.9 Å². The van der Waals surface area contributed by atoms with Crippen LogP contribution in [0.4, 0.5) is 13.2 Å². The average Bonchev–Trinajstić information content (AvgIpc) is 2.19. The Morgan fingerprint density at radius 2 is 2.20 bits per heavy atom. The van der Waals surface area contributed by atoms with Crippen LogP contribution in [0.2, 0.25) is 0 Å². The van der Waals surface area contributed by atoms with E-state index in [0.717, 1.165) is 6.07 Å². The minimum atomic E-state index is -2.87. The maximum absolute atomic E-state index is 12.8. The van der Waals surface area contributed by atoms with Crippen molar-refractivity contribution >= 4 is 15.9 Å². The molecule has 1 rings (SSSR count). The first-order valence-corrected chi connectivity index (χ1v) is 5.11. The number of nitrogens with zero attached hydrogens (tertiary/aromatic N) is 2. The van der Waals surface area contributed by atoms with E-state index in [0.29, 0.717) is 5.56 Å². The Labute approximate surface area is 92.9 Å². The predicted octanol–water partition coefficient (Wildman–Crippen LogP) is 3.12. The second kappa shape index (κ2) is 5.12. The molecule has 0 atom stereocenters. The lowest BCUT2D eigenvalue weighted by Gasteiger charge is -2.09. The molecule has 0 unspecified atom stereocenters. The van der Waals surface area contributed by atoms with Crippen molar-refractivity contribution < 1.29 is 13.2 Å². The van der Waals surface area contributed by atoms with E-state index in [-0.39, 0.29) is 17.3 Å². The van der Waals surface area contributed by atoms with Crippen LogP contribution in [0.15, 0.2) is 6.07 Å². The molecule has 0 radical (unpaired) electrons. The van der Waals surface area contributed by atoms with Crippen LogP contribution < -0.4 is 0 Å². The minimum Gasteiger partial charge on any atom is -0.218 e. The molecular formula is C9H6BrF3N2. The zero-order chi connectivity index (χ0) is 11.4. The first-order chi connectivity index (χ1) is 7.10. The first kappa shape index (κ1) is 12.0. The standard InChI is InChI=1S/C9H6BrF3N2/c10-4-5-3-7(11)15-8(9(12)13)6(5)1-2-14/h3,9H,1,4H2. The fourth-order valence-electron chi connectivity index (χ4n) is 1.19. The largest absolute Gasteiger partial charge is 0.280 e. The van der Waals surface area contributed by atoms with Crippen LogP contribution >= 0.6 is 15.9 Å². The van der Waals surface area contributed by atoms with Gasteiger partial charge >= 0.3 is 0 Å². The van der Waals surface area contributed by atoms with Gasteiger partial charge in [-0.05, 0) is 17.2 Å². The third-order valence-electron chi connectivity index (χ3n) is 1.82. The lowest BCUT2D eigenvalue weighted by Crippen LogP contribution is -2.04. The van der Waals surface area contributed by atoms with Crippen LogP contribution in [-0.2, 0) is 11.8 Å². The summed E-state index contributed by atoms with van der Waals surface area (Å²) < 4.78 is 37.8. The highest BCUT2D eigenvalue weighted by molar-refractivity contribution is 9.08. The normalized spacial score (nSPS) is 10.4. The van der Waals surface area contributed by atoms with Crippen LogP contribution in [-0.4, -0.2) is 4.98 Å². The number of nitriles is 1. The molecule has 1 aromatic rings. The van der Waals surface area contributed by atoms with Gasteiger partial charge in [-0.15, -0.1) is 0 Å². The van der Waals surface area contributed by atoms with Gasteiger partial charge in [0.2, 0.25) is 5.95 Å². The average molecular weight is 279 g/mol. The Bertz CT molecular complexity index is 401. The molecule has 0 amide bonds. The number of halogens is 4. The zero-order valence-electron chi connectivity index (χ0n) is 7.48. The minimum absolute atomic E-state index is 0.103. The molecule has 2 nitrogen and oxygen atoms in total. The molecule has 1 heterocycles. The number of hydrogen-bond acceptors (Lipinski definition) is 2. The SMILES string of the molecule is N#CCc1c(CBr)cc(F)nc1C(F)F. The fourth-order valence-corrected chi connectivity index (χ4v) is 1.69. The van der Waals surface area contributed by atoms with Crippen molar-refractivity contribution in [3.8, 4) is 6.07 Å². The van der Waals surface area contributed by atoms with Crippen LogP contribution in [0, 0.1) is 17.3 Å². The summed E-state index contributed by atoms with van der Waals surface area (Å²) >= 11 is 3.05. The lowest BCUT2D eigenvalue weighted by molar-refractivity contribution is 0.143. The number of pyridine rings is 1. The monoisotopic (exact) mass is 278 g/mol.